The number of hydrogen-bond donors (Lipinski definition) is 3. The molecule has 0 aromatic carbocycles. The van der Waals surface area contributed by atoms with E-state index in [9.17, 15) is 24.1 Å². The molecule has 4 nitrogen and oxygen atoms in total. The van der Waals surface area contributed by atoms with Crippen LogP contribution in [0.2, 0.25) is 0 Å². The van der Waals surface area contributed by atoms with E-state index < -0.39 is 17.6 Å². The minimum Gasteiger partial charge on any atom is -0.342 e. The maximum absolute atomic E-state index is 12.4. The predicted octanol–water partition coefficient (Wildman–Crippen LogP) is 0.00600. The Labute approximate surface area is 85.4 Å². The van der Waals surface area contributed by atoms with Gasteiger partial charge in [-0.3, -0.25) is 4.90 Å². The van der Waals surface area contributed by atoms with Gasteiger partial charge in [-0.1, -0.05) is 0 Å². The van der Waals surface area contributed by atoms with E-state index in [4.69, 9.17) is 0 Å². The molecule has 2 rings (SSSR count). The molecule has 2 fully saturated rings. The Morgan fingerprint density at radius 2 is 2.00 bits per heavy atom. The molecule has 0 saturated carbocycles. The van der Waals surface area contributed by atoms with Crippen molar-refractivity contribution in [3.05, 3.63) is 11.7 Å². The molecule has 0 aromatic heterocycles. The maximum atomic E-state index is 12.4. The smallest absolute Gasteiger partial charge is 0.295 e. The summed E-state index contributed by atoms with van der Waals surface area (Å²) in [5.74, 6) is -2.92. The molecule has 0 aromatic rings. The van der Waals surface area contributed by atoms with E-state index >= 15 is 0 Å². The molecular weight excluding hydrogens is 208 g/mol. The highest BCUT2D eigenvalue weighted by Crippen LogP contribution is 2.47. The summed E-state index contributed by atoms with van der Waals surface area (Å²) in [6.07, 6.45) is -0.982. The van der Waals surface area contributed by atoms with Gasteiger partial charge in [0.1, 0.15) is 5.54 Å². The summed E-state index contributed by atoms with van der Waals surface area (Å²) in [5.41, 5.74) is -1.46. The van der Waals surface area contributed by atoms with Gasteiger partial charge in [0.05, 0.1) is 0 Å². The molecule has 0 amide bonds. The third kappa shape index (κ3) is 1.48. The molecule has 15 heavy (non-hydrogen) atoms. The van der Waals surface area contributed by atoms with Gasteiger partial charge in [0, 0.05) is 18.5 Å². The molecule has 6 heteroatoms. The number of nitrogens with zero attached hydrogens (tertiary/aromatic N) is 1. The second-order valence-corrected chi connectivity index (χ2v) is 4.23. The van der Waals surface area contributed by atoms with Crippen molar-refractivity contribution in [1.29, 1.82) is 0 Å². The normalized spacial score (nSPS) is 32.2. The van der Waals surface area contributed by atoms with Gasteiger partial charge in [0.15, 0.2) is 0 Å². The zero-order chi connectivity index (χ0) is 11.3. The van der Waals surface area contributed by atoms with E-state index in [-0.39, 0.29) is 18.5 Å². The van der Waals surface area contributed by atoms with Crippen LogP contribution >= 0.6 is 0 Å². The molecule has 3 N–H and O–H groups in total. The Bertz CT molecular complexity index is 309. The van der Waals surface area contributed by atoms with Crippen LogP contribution in [0.15, 0.2) is 11.7 Å². The Kier molecular flexibility index (Phi) is 2.34. The zero-order valence-corrected chi connectivity index (χ0v) is 8.08. The second-order valence-electron chi connectivity index (χ2n) is 4.23. The summed E-state index contributed by atoms with van der Waals surface area (Å²) in [6, 6.07) is 0. The van der Waals surface area contributed by atoms with E-state index in [2.05, 4.69) is 0 Å². The molecule has 1 atom stereocenters. The van der Waals surface area contributed by atoms with Gasteiger partial charge in [0.25, 0.3) is 12.1 Å². The van der Waals surface area contributed by atoms with Crippen LogP contribution in [0.5, 0.6) is 0 Å². The summed E-state index contributed by atoms with van der Waals surface area (Å²) < 4.78 is 24.8. The topological polar surface area (TPSA) is 63.9 Å². The first-order valence-corrected chi connectivity index (χ1v) is 4.82. The predicted molar refractivity (Wildman–Crippen MR) is 46.8 cm³/mol. The molecule has 2 heterocycles. The van der Waals surface area contributed by atoms with E-state index in [1.165, 1.54) is 4.90 Å². The van der Waals surface area contributed by atoms with Crippen LogP contribution in [-0.4, -0.2) is 44.8 Å². The van der Waals surface area contributed by atoms with Gasteiger partial charge in [-0.2, -0.15) is 8.78 Å². The minimum atomic E-state index is -2.92. The van der Waals surface area contributed by atoms with Crippen molar-refractivity contribution in [2.24, 2.45) is 0 Å². The summed E-state index contributed by atoms with van der Waals surface area (Å²) in [5, 5.41) is 27.8. The Hall–Kier alpha value is -0.560. The first-order chi connectivity index (χ1) is 6.87. The largest absolute Gasteiger partial charge is 0.342 e. The maximum Gasteiger partial charge on any atom is 0.295 e. The van der Waals surface area contributed by atoms with Gasteiger partial charge >= 0.3 is 0 Å². The van der Waals surface area contributed by atoms with Crippen LogP contribution in [-0.2, 0) is 0 Å². The Balaban J connectivity index is 2.35. The van der Waals surface area contributed by atoms with Gasteiger partial charge in [-0.05, 0) is 19.4 Å². The molecule has 2 aliphatic heterocycles. The van der Waals surface area contributed by atoms with Gasteiger partial charge in [0.2, 0.25) is 0 Å². The van der Waals surface area contributed by atoms with Crippen molar-refractivity contribution in [2.45, 2.75) is 30.8 Å². The van der Waals surface area contributed by atoms with Gasteiger partial charge in [-0.15, -0.1) is 0 Å². The third-order valence-electron chi connectivity index (χ3n) is 3.40. The lowest BCUT2D eigenvalue weighted by molar-refractivity contribution is -0.364. The average Bonchev–Trinajstić information content (AvgIpc) is 2.55. The van der Waals surface area contributed by atoms with Gasteiger partial charge in [-0.25, -0.2) is 0 Å². The summed E-state index contributed by atoms with van der Waals surface area (Å²) >= 11 is 0. The first kappa shape index (κ1) is 10.9. The molecular formula is C9H13F2NO3. The third-order valence-corrected chi connectivity index (χ3v) is 3.40. The fourth-order valence-corrected chi connectivity index (χ4v) is 2.63. The number of hydrogen-bond acceptors (Lipinski definition) is 4. The minimum absolute atomic E-state index is 0.00572. The average molecular weight is 221 g/mol. The van der Waals surface area contributed by atoms with Crippen molar-refractivity contribution >= 4 is 0 Å². The van der Waals surface area contributed by atoms with Crippen LogP contribution in [0.3, 0.4) is 0 Å². The van der Waals surface area contributed by atoms with Gasteiger partial charge < -0.3 is 15.3 Å². The quantitative estimate of drug-likeness (QED) is 0.546. The van der Waals surface area contributed by atoms with Crippen molar-refractivity contribution in [1.82, 2.24) is 4.90 Å². The van der Waals surface area contributed by atoms with Crippen LogP contribution in [0.4, 0.5) is 8.78 Å². The lowest BCUT2D eigenvalue weighted by Crippen LogP contribution is -2.58. The van der Waals surface area contributed by atoms with E-state index in [1.807, 2.05) is 0 Å². The molecule has 0 radical (unpaired) electrons. The second kappa shape index (κ2) is 3.21. The lowest BCUT2D eigenvalue weighted by atomic mass is 9.90. The molecule has 0 aliphatic carbocycles. The highest BCUT2D eigenvalue weighted by molar-refractivity contribution is 5.22. The molecule has 1 unspecified atom stereocenters. The lowest BCUT2D eigenvalue weighted by Gasteiger charge is -2.38. The number of fused-ring (bicyclic) bond motifs is 1. The van der Waals surface area contributed by atoms with Crippen LogP contribution in [0.25, 0.3) is 0 Å². The molecule has 0 bridgehead atoms. The fraction of sp³-hybridized carbons (Fsp3) is 0.778. The Morgan fingerprint density at radius 3 is 2.47 bits per heavy atom. The number of aliphatic hydroxyl groups is 3. The van der Waals surface area contributed by atoms with Crippen molar-refractivity contribution in [3.8, 4) is 0 Å². The van der Waals surface area contributed by atoms with E-state index in [0.29, 0.717) is 19.4 Å². The summed E-state index contributed by atoms with van der Waals surface area (Å²) in [7, 11) is 0. The first-order valence-electron chi connectivity index (χ1n) is 4.82. The number of halogens is 2. The van der Waals surface area contributed by atoms with Crippen LogP contribution in [0, 0.1) is 0 Å². The van der Waals surface area contributed by atoms with Crippen molar-refractivity contribution in [2.75, 3.05) is 13.1 Å². The molecule has 0 spiro atoms. The van der Waals surface area contributed by atoms with Crippen molar-refractivity contribution in [3.63, 3.8) is 0 Å². The summed E-state index contributed by atoms with van der Waals surface area (Å²) in [4.78, 5) is 1.52. The SMILES string of the molecule is OC(O)(O)C12CCCN1CC(=C(F)F)C2. The monoisotopic (exact) mass is 221 g/mol. The van der Waals surface area contributed by atoms with E-state index in [1.54, 1.807) is 0 Å². The highest BCUT2D eigenvalue weighted by Gasteiger charge is 2.59. The van der Waals surface area contributed by atoms with E-state index in [0.717, 1.165) is 0 Å². The summed E-state index contributed by atoms with van der Waals surface area (Å²) in [6.45, 7) is 0.506. The number of rotatable bonds is 1. The molecule has 86 valence electrons. The van der Waals surface area contributed by atoms with Crippen LogP contribution in [0.1, 0.15) is 19.3 Å². The molecule has 2 aliphatic rings. The standard InChI is InChI=1S/C9H13F2NO3/c10-7(11)6-4-8(9(13,14)15)2-1-3-12(8)5-6/h13-15H,1-5H2. The molecule has 2 saturated heterocycles. The van der Waals surface area contributed by atoms with Crippen molar-refractivity contribution < 1.29 is 24.1 Å². The van der Waals surface area contributed by atoms with Crippen LogP contribution < -0.4 is 0 Å². The Morgan fingerprint density at radius 1 is 1.33 bits per heavy atom. The zero-order valence-electron chi connectivity index (χ0n) is 8.08. The highest BCUT2D eigenvalue weighted by atomic mass is 19.3. The fourth-order valence-electron chi connectivity index (χ4n) is 2.63.